The first-order valence-electron chi connectivity index (χ1n) is 8.78. The Labute approximate surface area is 163 Å². The van der Waals surface area contributed by atoms with E-state index in [1.807, 2.05) is 0 Å². The van der Waals surface area contributed by atoms with Gasteiger partial charge in [0.15, 0.2) is 11.5 Å². The SMILES string of the molecule is COc1ccc(C2C(C(=O)Nc3ccccn3)CC(=O)N2C)c(OC)c1OC. The van der Waals surface area contributed by atoms with Crippen molar-refractivity contribution < 1.29 is 23.8 Å². The monoisotopic (exact) mass is 385 g/mol. The zero-order chi connectivity index (χ0) is 20.3. The summed E-state index contributed by atoms with van der Waals surface area (Å²) >= 11 is 0. The second-order valence-electron chi connectivity index (χ2n) is 6.39. The fourth-order valence-electron chi connectivity index (χ4n) is 3.54. The third-order valence-corrected chi connectivity index (χ3v) is 4.89. The van der Waals surface area contributed by atoms with Crippen LogP contribution in [0.15, 0.2) is 36.5 Å². The minimum absolute atomic E-state index is 0.0946. The van der Waals surface area contributed by atoms with Crippen molar-refractivity contribution in [2.24, 2.45) is 5.92 Å². The van der Waals surface area contributed by atoms with E-state index in [1.54, 1.807) is 48.5 Å². The number of hydrogen-bond donors (Lipinski definition) is 1. The Morgan fingerprint density at radius 2 is 1.86 bits per heavy atom. The number of carbonyl (C=O) groups excluding carboxylic acids is 2. The highest BCUT2D eigenvalue weighted by atomic mass is 16.5. The van der Waals surface area contributed by atoms with E-state index < -0.39 is 12.0 Å². The maximum atomic E-state index is 12.9. The van der Waals surface area contributed by atoms with Crippen LogP contribution >= 0.6 is 0 Å². The molecule has 2 unspecified atom stereocenters. The summed E-state index contributed by atoms with van der Waals surface area (Å²) in [7, 11) is 6.24. The van der Waals surface area contributed by atoms with Crippen molar-refractivity contribution >= 4 is 17.6 Å². The first kappa shape index (κ1) is 19.5. The molecule has 1 fully saturated rings. The molecule has 1 aromatic heterocycles. The third-order valence-electron chi connectivity index (χ3n) is 4.89. The molecule has 1 aliphatic heterocycles. The lowest BCUT2D eigenvalue weighted by molar-refractivity contribution is -0.128. The van der Waals surface area contributed by atoms with Gasteiger partial charge in [-0.2, -0.15) is 0 Å². The lowest BCUT2D eigenvalue weighted by Crippen LogP contribution is -2.30. The van der Waals surface area contributed by atoms with E-state index in [0.29, 0.717) is 28.6 Å². The third kappa shape index (κ3) is 3.45. The number of nitrogens with zero attached hydrogens (tertiary/aromatic N) is 2. The quantitative estimate of drug-likeness (QED) is 0.820. The summed E-state index contributed by atoms with van der Waals surface area (Å²) in [5, 5.41) is 2.79. The van der Waals surface area contributed by atoms with Gasteiger partial charge in [0, 0.05) is 25.2 Å². The number of hydrogen-bond acceptors (Lipinski definition) is 6. The minimum Gasteiger partial charge on any atom is -0.493 e. The van der Waals surface area contributed by atoms with E-state index in [2.05, 4.69) is 10.3 Å². The summed E-state index contributed by atoms with van der Waals surface area (Å²) in [5.41, 5.74) is 0.676. The number of aromatic nitrogens is 1. The van der Waals surface area contributed by atoms with Crippen LogP contribution in [0, 0.1) is 5.92 Å². The number of anilines is 1. The summed E-state index contributed by atoms with van der Waals surface area (Å²) in [5.74, 6) is 0.785. The Morgan fingerprint density at radius 3 is 2.46 bits per heavy atom. The van der Waals surface area contributed by atoms with Crippen LogP contribution in [0.25, 0.3) is 0 Å². The maximum Gasteiger partial charge on any atom is 0.231 e. The molecule has 2 amide bonds. The van der Waals surface area contributed by atoms with Gasteiger partial charge in [-0.25, -0.2) is 4.98 Å². The van der Waals surface area contributed by atoms with Crippen molar-refractivity contribution in [2.45, 2.75) is 12.5 Å². The zero-order valence-corrected chi connectivity index (χ0v) is 16.3. The van der Waals surface area contributed by atoms with Gasteiger partial charge in [0.1, 0.15) is 5.82 Å². The van der Waals surface area contributed by atoms with E-state index in [-0.39, 0.29) is 18.2 Å². The minimum atomic E-state index is -0.605. The van der Waals surface area contributed by atoms with E-state index in [9.17, 15) is 9.59 Å². The van der Waals surface area contributed by atoms with Crippen LogP contribution in [0.3, 0.4) is 0 Å². The molecule has 148 valence electrons. The largest absolute Gasteiger partial charge is 0.493 e. The summed E-state index contributed by atoms with van der Waals surface area (Å²) < 4.78 is 16.3. The van der Waals surface area contributed by atoms with Crippen molar-refractivity contribution in [1.29, 1.82) is 0 Å². The van der Waals surface area contributed by atoms with Gasteiger partial charge in [-0.3, -0.25) is 9.59 Å². The zero-order valence-electron chi connectivity index (χ0n) is 16.3. The second kappa shape index (κ2) is 8.16. The maximum absolute atomic E-state index is 12.9. The normalized spacial score (nSPS) is 18.7. The molecule has 1 N–H and O–H groups in total. The van der Waals surface area contributed by atoms with E-state index in [1.165, 1.54) is 21.3 Å². The number of pyridine rings is 1. The average molecular weight is 385 g/mol. The molecule has 2 atom stereocenters. The molecule has 28 heavy (non-hydrogen) atoms. The summed E-state index contributed by atoms with van der Waals surface area (Å²) in [6.07, 6.45) is 1.69. The molecule has 0 bridgehead atoms. The first-order valence-corrected chi connectivity index (χ1v) is 8.78. The van der Waals surface area contributed by atoms with Crippen LogP contribution in [-0.4, -0.2) is 50.1 Å². The molecule has 1 aromatic carbocycles. The molecular weight excluding hydrogens is 362 g/mol. The lowest BCUT2D eigenvalue weighted by atomic mass is 9.91. The fraction of sp³-hybridized carbons (Fsp3) is 0.350. The topological polar surface area (TPSA) is 90.0 Å². The van der Waals surface area contributed by atoms with Crippen LogP contribution in [-0.2, 0) is 9.59 Å². The van der Waals surface area contributed by atoms with Crippen molar-refractivity contribution in [3.05, 3.63) is 42.1 Å². The van der Waals surface area contributed by atoms with Gasteiger partial charge >= 0.3 is 0 Å². The molecule has 8 nitrogen and oxygen atoms in total. The highest BCUT2D eigenvalue weighted by Crippen LogP contribution is 2.47. The van der Waals surface area contributed by atoms with Crippen LogP contribution in [0.2, 0.25) is 0 Å². The highest BCUT2D eigenvalue weighted by molar-refractivity contribution is 5.97. The molecule has 0 saturated carbocycles. The summed E-state index contributed by atoms with van der Waals surface area (Å²) in [4.78, 5) is 31.1. The summed E-state index contributed by atoms with van der Waals surface area (Å²) in [6, 6.07) is 8.27. The van der Waals surface area contributed by atoms with Gasteiger partial charge in [-0.15, -0.1) is 0 Å². The average Bonchev–Trinajstić information content (AvgIpc) is 3.02. The first-order chi connectivity index (χ1) is 13.5. The number of likely N-dealkylation sites (tertiary alicyclic amines) is 1. The molecule has 1 saturated heterocycles. The van der Waals surface area contributed by atoms with Crippen LogP contribution in [0.1, 0.15) is 18.0 Å². The van der Waals surface area contributed by atoms with E-state index >= 15 is 0 Å². The van der Waals surface area contributed by atoms with Crippen LogP contribution in [0.4, 0.5) is 5.82 Å². The Bertz CT molecular complexity index is 872. The molecule has 3 rings (SSSR count). The molecule has 0 aliphatic carbocycles. The van der Waals surface area contributed by atoms with Crippen molar-refractivity contribution in [1.82, 2.24) is 9.88 Å². The van der Waals surface area contributed by atoms with Crippen LogP contribution in [0.5, 0.6) is 17.2 Å². The molecule has 8 heteroatoms. The van der Waals surface area contributed by atoms with Gasteiger partial charge in [0.25, 0.3) is 0 Å². The number of ether oxygens (including phenoxy) is 3. The Hall–Kier alpha value is -3.29. The lowest BCUT2D eigenvalue weighted by Gasteiger charge is -2.27. The Morgan fingerprint density at radius 1 is 1.11 bits per heavy atom. The predicted octanol–water partition coefficient (Wildman–Crippen LogP) is 2.27. The van der Waals surface area contributed by atoms with Crippen molar-refractivity contribution in [3.8, 4) is 17.2 Å². The molecular formula is C20H23N3O5. The van der Waals surface area contributed by atoms with Crippen LogP contribution < -0.4 is 19.5 Å². The summed E-state index contributed by atoms with van der Waals surface area (Å²) in [6.45, 7) is 0. The number of rotatable bonds is 6. The molecule has 2 heterocycles. The number of methoxy groups -OCH3 is 3. The van der Waals surface area contributed by atoms with E-state index in [0.717, 1.165) is 0 Å². The fourth-order valence-corrected chi connectivity index (χ4v) is 3.54. The van der Waals surface area contributed by atoms with Gasteiger partial charge in [-0.05, 0) is 24.3 Å². The second-order valence-corrected chi connectivity index (χ2v) is 6.39. The van der Waals surface area contributed by atoms with Crippen molar-refractivity contribution in [2.75, 3.05) is 33.7 Å². The molecule has 0 spiro atoms. The number of carbonyl (C=O) groups is 2. The van der Waals surface area contributed by atoms with Crippen molar-refractivity contribution in [3.63, 3.8) is 0 Å². The van der Waals surface area contributed by atoms with Gasteiger partial charge < -0.3 is 24.4 Å². The van der Waals surface area contributed by atoms with Gasteiger partial charge in [0.05, 0.1) is 33.3 Å². The number of benzene rings is 1. The highest BCUT2D eigenvalue weighted by Gasteiger charge is 2.44. The number of nitrogens with one attached hydrogen (secondary N) is 1. The van der Waals surface area contributed by atoms with E-state index in [4.69, 9.17) is 14.2 Å². The Kier molecular flexibility index (Phi) is 5.67. The Balaban J connectivity index is 2.00. The molecule has 0 radical (unpaired) electrons. The van der Waals surface area contributed by atoms with Gasteiger partial charge in [0.2, 0.25) is 17.6 Å². The smallest absolute Gasteiger partial charge is 0.231 e. The molecule has 1 aliphatic rings. The predicted molar refractivity (Wildman–Crippen MR) is 103 cm³/mol. The van der Waals surface area contributed by atoms with Gasteiger partial charge in [-0.1, -0.05) is 6.07 Å². The standard InChI is InChI=1S/C20H23N3O5/c1-23-16(24)11-13(20(25)22-15-7-5-6-10-21-15)17(23)12-8-9-14(26-2)19(28-4)18(12)27-3/h5-10,13,17H,11H2,1-4H3,(H,21,22,25). The number of amides is 2. The molecule has 2 aromatic rings.